The molecule has 1 aromatic heterocycles. The highest BCUT2D eigenvalue weighted by atomic mass is 127. The predicted molar refractivity (Wildman–Crippen MR) is 116 cm³/mol. The second-order valence-corrected chi connectivity index (χ2v) is 6.49. The first-order valence-corrected chi connectivity index (χ1v) is 8.99. The van der Waals surface area contributed by atoms with Crippen LogP contribution in [0.2, 0.25) is 0 Å². The fraction of sp³-hybridized carbons (Fsp3) is 0.400. The standard InChI is InChI=1S/C20H25FN4O.HI/c1-22-20(23-10-9-15-3-2-4-18(21)11-15)25-13-17-7-8-19(24-12-17)26-14-16-5-6-16;/h2-4,7-8,11-12,16H,5-6,9-10,13-14H2,1H3,(H2,22,23,25);1H. The minimum absolute atomic E-state index is 0. The SMILES string of the molecule is CN=C(NCCc1cccc(F)c1)NCc1ccc(OCC2CC2)nc1.I. The quantitative estimate of drug-likeness (QED) is 0.342. The van der Waals surface area contributed by atoms with Crippen molar-refractivity contribution in [2.45, 2.75) is 25.8 Å². The summed E-state index contributed by atoms with van der Waals surface area (Å²) in [5, 5.41) is 6.48. The number of hydrogen-bond acceptors (Lipinski definition) is 3. The number of ether oxygens (including phenoxy) is 1. The van der Waals surface area contributed by atoms with Gasteiger partial charge in [0.15, 0.2) is 5.96 Å². The van der Waals surface area contributed by atoms with Crippen molar-refractivity contribution in [1.82, 2.24) is 15.6 Å². The molecule has 2 N–H and O–H groups in total. The predicted octanol–water partition coefficient (Wildman–Crippen LogP) is 3.54. The van der Waals surface area contributed by atoms with E-state index in [1.807, 2.05) is 24.4 Å². The number of nitrogens with zero attached hydrogens (tertiary/aromatic N) is 2. The van der Waals surface area contributed by atoms with Gasteiger partial charge in [0.1, 0.15) is 5.82 Å². The summed E-state index contributed by atoms with van der Waals surface area (Å²) in [6.45, 7) is 2.07. The average molecular weight is 484 g/mol. The van der Waals surface area contributed by atoms with Crippen LogP contribution >= 0.6 is 24.0 Å². The summed E-state index contributed by atoms with van der Waals surface area (Å²) in [7, 11) is 1.73. The summed E-state index contributed by atoms with van der Waals surface area (Å²) in [5.74, 6) is 1.90. The van der Waals surface area contributed by atoms with E-state index in [0.717, 1.165) is 30.1 Å². The monoisotopic (exact) mass is 484 g/mol. The van der Waals surface area contributed by atoms with Crippen LogP contribution in [-0.2, 0) is 13.0 Å². The van der Waals surface area contributed by atoms with Crippen molar-refractivity contribution in [3.63, 3.8) is 0 Å². The largest absolute Gasteiger partial charge is 0.477 e. The Morgan fingerprint density at radius 3 is 2.74 bits per heavy atom. The minimum Gasteiger partial charge on any atom is -0.477 e. The van der Waals surface area contributed by atoms with Gasteiger partial charge in [-0.2, -0.15) is 0 Å². The number of aliphatic imine (C=N–C) groups is 1. The van der Waals surface area contributed by atoms with Crippen LogP contribution in [0.25, 0.3) is 0 Å². The molecule has 1 fully saturated rings. The molecule has 2 aromatic rings. The van der Waals surface area contributed by atoms with Crippen LogP contribution in [0, 0.1) is 11.7 Å². The van der Waals surface area contributed by atoms with E-state index in [2.05, 4.69) is 20.6 Å². The molecule has 27 heavy (non-hydrogen) atoms. The fourth-order valence-corrected chi connectivity index (χ4v) is 2.51. The van der Waals surface area contributed by atoms with Gasteiger partial charge < -0.3 is 15.4 Å². The zero-order valence-corrected chi connectivity index (χ0v) is 17.8. The summed E-state index contributed by atoms with van der Waals surface area (Å²) >= 11 is 0. The molecular formula is C20H26FIN4O. The molecule has 1 aliphatic rings. The van der Waals surface area contributed by atoms with Gasteiger partial charge in [-0.05, 0) is 48.4 Å². The first-order chi connectivity index (χ1) is 12.7. The maximum Gasteiger partial charge on any atom is 0.213 e. The summed E-state index contributed by atoms with van der Waals surface area (Å²) in [5.41, 5.74) is 2.01. The lowest BCUT2D eigenvalue weighted by molar-refractivity contribution is 0.288. The van der Waals surface area contributed by atoms with Crippen LogP contribution in [0.15, 0.2) is 47.6 Å². The lowest BCUT2D eigenvalue weighted by Crippen LogP contribution is -2.37. The third-order valence-corrected chi connectivity index (χ3v) is 4.24. The Balaban J connectivity index is 0.00000261. The third-order valence-electron chi connectivity index (χ3n) is 4.24. The second kappa shape index (κ2) is 11.1. The maximum absolute atomic E-state index is 13.2. The van der Waals surface area contributed by atoms with E-state index in [-0.39, 0.29) is 29.8 Å². The Labute approximate surface area is 176 Å². The molecule has 0 aliphatic heterocycles. The van der Waals surface area contributed by atoms with Crippen LogP contribution < -0.4 is 15.4 Å². The number of pyridine rings is 1. The Kier molecular flexibility index (Phi) is 8.77. The Bertz CT molecular complexity index is 735. The van der Waals surface area contributed by atoms with Crippen molar-refractivity contribution < 1.29 is 9.13 Å². The first-order valence-electron chi connectivity index (χ1n) is 8.99. The van der Waals surface area contributed by atoms with Crippen LogP contribution in [0.4, 0.5) is 4.39 Å². The van der Waals surface area contributed by atoms with E-state index < -0.39 is 0 Å². The van der Waals surface area contributed by atoms with Gasteiger partial charge in [-0.15, -0.1) is 24.0 Å². The van der Waals surface area contributed by atoms with E-state index in [1.165, 1.54) is 18.9 Å². The molecule has 0 unspecified atom stereocenters. The van der Waals surface area contributed by atoms with Crippen molar-refractivity contribution in [3.8, 4) is 5.88 Å². The highest BCUT2D eigenvalue weighted by Crippen LogP contribution is 2.29. The summed E-state index contributed by atoms with van der Waals surface area (Å²) < 4.78 is 18.8. The fourth-order valence-electron chi connectivity index (χ4n) is 2.51. The summed E-state index contributed by atoms with van der Waals surface area (Å²) in [4.78, 5) is 8.53. The molecule has 0 spiro atoms. The molecule has 1 aromatic carbocycles. The molecule has 0 saturated heterocycles. The number of guanidine groups is 1. The van der Waals surface area contributed by atoms with Crippen LogP contribution in [0.3, 0.4) is 0 Å². The molecule has 146 valence electrons. The molecule has 1 heterocycles. The molecule has 3 rings (SSSR count). The Morgan fingerprint density at radius 2 is 2.07 bits per heavy atom. The number of hydrogen-bond donors (Lipinski definition) is 2. The van der Waals surface area contributed by atoms with Gasteiger partial charge in [0.25, 0.3) is 0 Å². The van der Waals surface area contributed by atoms with E-state index in [0.29, 0.717) is 24.9 Å². The topological polar surface area (TPSA) is 58.5 Å². The lowest BCUT2D eigenvalue weighted by Gasteiger charge is -2.12. The van der Waals surface area contributed by atoms with Gasteiger partial charge in [-0.1, -0.05) is 18.2 Å². The molecule has 5 nitrogen and oxygen atoms in total. The minimum atomic E-state index is -0.206. The number of nitrogens with one attached hydrogen (secondary N) is 2. The Morgan fingerprint density at radius 1 is 1.22 bits per heavy atom. The van der Waals surface area contributed by atoms with Crippen LogP contribution in [0.1, 0.15) is 24.0 Å². The van der Waals surface area contributed by atoms with Gasteiger partial charge in [0.2, 0.25) is 5.88 Å². The molecule has 1 saturated carbocycles. The van der Waals surface area contributed by atoms with Gasteiger partial charge in [-0.3, -0.25) is 4.99 Å². The zero-order chi connectivity index (χ0) is 18.2. The van der Waals surface area contributed by atoms with Gasteiger partial charge in [-0.25, -0.2) is 9.37 Å². The number of rotatable bonds is 8. The van der Waals surface area contributed by atoms with E-state index >= 15 is 0 Å². The molecule has 0 bridgehead atoms. The highest BCUT2D eigenvalue weighted by Gasteiger charge is 2.21. The number of halogens is 2. The average Bonchev–Trinajstić information content (AvgIpc) is 3.48. The summed E-state index contributed by atoms with van der Waals surface area (Å²) in [6.07, 6.45) is 5.09. The van der Waals surface area contributed by atoms with E-state index in [1.54, 1.807) is 19.2 Å². The molecule has 0 atom stereocenters. The van der Waals surface area contributed by atoms with Gasteiger partial charge >= 0.3 is 0 Å². The second-order valence-electron chi connectivity index (χ2n) is 6.49. The summed E-state index contributed by atoms with van der Waals surface area (Å²) in [6, 6.07) is 10.5. The van der Waals surface area contributed by atoms with Crippen molar-refractivity contribution >= 4 is 29.9 Å². The van der Waals surface area contributed by atoms with Gasteiger partial charge in [0, 0.05) is 32.4 Å². The number of aromatic nitrogens is 1. The van der Waals surface area contributed by atoms with Gasteiger partial charge in [0.05, 0.1) is 6.61 Å². The molecule has 0 amide bonds. The Hall–Kier alpha value is -1.90. The van der Waals surface area contributed by atoms with Crippen molar-refractivity contribution in [2.24, 2.45) is 10.9 Å². The van der Waals surface area contributed by atoms with Crippen LogP contribution in [0.5, 0.6) is 5.88 Å². The van der Waals surface area contributed by atoms with E-state index in [4.69, 9.17) is 4.74 Å². The van der Waals surface area contributed by atoms with Crippen LogP contribution in [-0.4, -0.2) is 31.1 Å². The molecule has 1 aliphatic carbocycles. The normalized spacial score (nSPS) is 13.6. The third kappa shape index (κ3) is 7.70. The molecule has 0 radical (unpaired) electrons. The molecule has 7 heteroatoms. The van der Waals surface area contributed by atoms with Crippen molar-refractivity contribution in [3.05, 3.63) is 59.5 Å². The maximum atomic E-state index is 13.2. The van der Waals surface area contributed by atoms with E-state index in [9.17, 15) is 4.39 Å². The van der Waals surface area contributed by atoms with Crippen molar-refractivity contribution in [1.29, 1.82) is 0 Å². The first kappa shape index (κ1) is 21.4. The van der Waals surface area contributed by atoms with Crippen molar-refractivity contribution in [2.75, 3.05) is 20.2 Å². The number of benzene rings is 1. The highest BCUT2D eigenvalue weighted by molar-refractivity contribution is 14.0. The lowest BCUT2D eigenvalue weighted by atomic mass is 10.1. The molecular weight excluding hydrogens is 458 g/mol. The zero-order valence-electron chi connectivity index (χ0n) is 15.5. The smallest absolute Gasteiger partial charge is 0.213 e.